The number of hydrogen-bond acceptors (Lipinski definition) is 6. The number of sulfonamides is 1. The van der Waals surface area contributed by atoms with E-state index in [0.29, 0.717) is 29.1 Å². The Morgan fingerprint density at radius 3 is 2.81 bits per heavy atom. The highest BCUT2D eigenvalue weighted by Crippen LogP contribution is 2.28. The Balaban J connectivity index is 1.78. The topological polar surface area (TPSA) is 130 Å². The van der Waals surface area contributed by atoms with Crippen molar-refractivity contribution in [3.63, 3.8) is 0 Å². The van der Waals surface area contributed by atoms with E-state index in [1.807, 2.05) is 6.07 Å². The summed E-state index contributed by atoms with van der Waals surface area (Å²) in [5, 5.41) is 10.5. The van der Waals surface area contributed by atoms with E-state index in [2.05, 4.69) is 14.7 Å². The van der Waals surface area contributed by atoms with Crippen LogP contribution in [0.5, 0.6) is 0 Å². The minimum Gasteiger partial charge on any atom is -0.493 e. The number of para-hydroxylation sites is 1. The van der Waals surface area contributed by atoms with Crippen LogP contribution in [-0.4, -0.2) is 35.8 Å². The smallest absolute Gasteiger partial charge is 0.275 e. The average Bonchev–Trinajstić information content (AvgIpc) is 2.95. The number of nitrogens with two attached hydrogens (primary N) is 1. The number of fused-ring (bicyclic) bond motifs is 1. The van der Waals surface area contributed by atoms with Crippen molar-refractivity contribution in [1.82, 2.24) is 4.98 Å². The molecule has 0 unspecified atom stereocenters. The molecule has 0 amide bonds. The van der Waals surface area contributed by atoms with Crippen LogP contribution in [0, 0.1) is 0 Å². The van der Waals surface area contributed by atoms with Gasteiger partial charge in [-0.1, -0.05) is 12.1 Å². The van der Waals surface area contributed by atoms with E-state index < -0.39 is 15.6 Å². The molecule has 0 radical (unpaired) electrons. The fourth-order valence-corrected chi connectivity index (χ4v) is 3.69. The number of rotatable bonds is 5. The van der Waals surface area contributed by atoms with Crippen molar-refractivity contribution in [3.05, 3.63) is 36.4 Å². The third-order valence-electron chi connectivity index (χ3n) is 3.85. The second-order valence-electron chi connectivity index (χ2n) is 6.80. The number of hydrogen-bond donors (Lipinski definition) is 4. The van der Waals surface area contributed by atoms with Crippen LogP contribution in [0.2, 0.25) is 0 Å². The molecule has 26 heavy (non-hydrogen) atoms. The van der Waals surface area contributed by atoms with Gasteiger partial charge in [-0.2, -0.15) is 8.42 Å². The number of allylic oxidation sites excluding steroid dienone is 1. The molecule has 0 atom stereocenters. The Labute approximate surface area is 151 Å². The van der Waals surface area contributed by atoms with Gasteiger partial charge in [0, 0.05) is 24.4 Å². The lowest BCUT2D eigenvalue weighted by atomic mass is 10.1. The minimum atomic E-state index is -3.80. The van der Waals surface area contributed by atoms with Gasteiger partial charge in [0.1, 0.15) is 12.4 Å². The third kappa shape index (κ3) is 4.00. The highest BCUT2D eigenvalue weighted by molar-refractivity contribution is 8.07. The summed E-state index contributed by atoms with van der Waals surface area (Å²) >= 11 is 0. The van der Waals surface area contributed by atoms with Gasteiger partial charge in [-0.15, -0.1) is 0 Å². The number of aliphatic hydroxyl groups is 1. The first-order valence-electron chi connectivity index (χ1n) is 8.15. The number of aromatic nitrogens is 1. The molecule has 1 aliphatic rings. The first-order valence-corrected chi connectivity index (χ1v) is 9.63. The molecule has 1 aromatic carbocycles. The van der Waals surface area contributed by atoms with Crippen molar-refractivity contribution in [2.75, 3.05) is 17.1 Å². The van der Waals surface area contributed by atoms with Gasteiger partial charge in [-0.05, 0) is 19.9 Å². The van der Waals surface area contributed by atoms with Crippen LogP contribution in [0.4, 0.5) is 11.4 Å². The molecule has 5 N–H and O–H groups in total. The summed E-state index contributed by atoms with van der Waals surface area (Å²) in [6.07, 6.45) is 3.62. The normalized spacial score (nSPS) is 15.5. The van der Waals surface area contributed by atoms with Gasteiger partial charge in [0.15, 0.2) is 5.04 Å². The number of aliphatic imine (C=N–C) groups is 1. The molecule has 0 fully saturated rings. The molecule has 1 aliphatic heterocycles. The number of nitrogens with zero attached hydrogens (tertiary/aromatic N) is 1. The van der Waals surface area contributed by atoms with E-state index in [9.17, 15) is 13.5 Å². The van der Waals surface area contributed by atoms with E-state index in [1.54, 1.807) is 32.2 Å². The maximum absolute atomic E-state index is 12.6. The largest absolute Gasteiger partial charge is 0.493 e. The first-order chi connectivity index (χ1) is 12.2. The second-order valence-corrected chi connectivity index (χ2v) is 8.48. The van der Waals surface area contributed by atoms with Crippen LogP contribution >= 0.6 is 0 Å². The molecule has 0 bridgehead atoms. The zero-order chi connectivity index (χ0) is 18.9. The summed E-state index contributed by atoms with van der Waals surface area (Å²) in [5.41, 5.74) is 6.47. The Morgan fingerprint density at radius 1 is 1.38 bits per heavy atom. The second kappa shape index (κ2) is 6.65. The lowest BCUT2D eigenvalue weighted by Crippen LogP contribution is -2.27. The fourth-order valence-electron chi connectivity index (χ4n) is 2.55. The molecule has 140 valence electrons. The first kappa shape index (κ1) is 18.3. The molecule has 9 heteroatoms. The molecule has 0 saturated heterocycles. The molecule has 8 nitrogen and oxygen atoms in total. The molecule has 2 heterocycles. The summed E-state index contributed by atoms with van der Waals surface area (Å²) in [4.78, 5) is 7.00. The maximum atomic E-state index is 12.6. The predicted molar refractivity (Wildman–Crippen MR) is 102 cm³/mol. The van der Waals surface area contributed by atoms with Crippen LogP contribution in [0.15, 0.2) is 41.3 Å². The summed E-state index contributed by atoms with van der Waals surface area (Å²) in [6.45, 7) is 3.38. The van der Waals surface area contributed by atoms with Gasteiger partial charge in [0.25, 0.3) is 10.0 Å². The van der Waals surface area contributed by atoms with Gasteiger partial charge in [-0.3, -0.25) is 4.72 Å². The number of anilines is 2. The van der Waals surface area contributed by atoms with Crippen molar-refractivity contribution >= 4 is 37.3 Å². The predicted octanol–water partition coefficient (Wildman–Crippen LogP) is 2.31. The van der Waals surface area contributed by atoms with E-state index in [0.717, 1.165) is 5.39 Å². The Hall–Kier alpha value is -2.52. The fraction of sp³-hybridized carbons (Fsp3) is 0.353. The Morgan fingerprint density at radius 2 is 2.15 bits per heavy atom. The number of nitrogen functional groups attached to an aromatic ring is 1. The van der Waals surface area contributed by atoms with Crippen molar-refractivity contribution in [2.45, 2.75) is 32.3 Å². The monoisotopic (exact) mass is 378 g/mol. The Bertz CT molecular complexity index is 984. The number of nitrogens with one attached hydrogen (secondary N) is 2. The molecule has 3 rings (SSSR count). The van der Waals surface area contributed by atoms with Crippen molar-refractivity contribution in [1.29, 1.82) is 0 Å². The summed E-state index contributed by atoms with van der Waals surface area (Å²) < 4.78 is 33.3. The quantitative estimate of drug-likeness (QED) is 0.634. The van der Waals surface area contributed by atoms with Crippen LogP contribution in [0.25, 0.3) is 10.9 Å². The molecule has 2 aromatic rings. The standard InChI is InChI=1S/C17H22N4O4S/c1-17(2,22)10-25-11-6-7-15(19-8-11)26(23,24)21-14-5-3-4-12-13(18)9-20-16(12)14/h3-5,8-9,20-22H,6-7,10,18H2,1-2H3. The number of H-pyrrole nitrogens is 1. The van der Waals surface area contributed by atoms with Crippen molar-refractivity contribution < 1.29 is 18.3 Å². The maximum Gasteiger partial charge on any atom is 0.275 e. The molecule has 0 aliphatic carbocycles. The van der Waals surface area contributed by atoms with E-state index >= 15 is 0 Å². The van der Waals surface area contributed by atoms with Gasteiger partial charge in [0.2, 0.25) is 0 Å². The zero-order valence-corrected chi connectivity index (χ0v) is 15.4. The van der Waals surface area contributed by atoms with Gasteiger partial charge >= 0.3 is 0 Å². The zero-order valence-electron chi connectivity index (χ0n) is 14.6. The molecular weight excluding hydrogens is 356 g/mol. The van der Waals surface area contributed by atoms with Crippen LogP contribution in [0.1, 0.15) is 26.7 Å². The SMILES string of the molecule is CC(C)(O)COC1=CN=C(S(=O)(=O)Nc2cccc3c(N)c[nH]c23)CC1. The van der Waals surface area contributed by atoms with E-state index in [-0.39, 0.29) is 18.1 Å². The number of ether oxygens (including phenoxy) is 1. The van der Waals surface area contributed by atoms with Crippen LogP contribution in [-0.2, 0) is 14.8 Å². The molecular formula is C17H22N4O4S. The van der Waals surface area contributed by atoms with E-state index in [1.165, 1.54) is 6.20 Å². The number of benzene rings is 1. The van der Waals surface area contributed by atoms with E-state index in [4.69, 9.17) is 10.5 Å². The highest BCUT2D eigenvalue weighted by Gasteiger charge is 2.24. The van der Waals surface area contributed by atoms with Gasteiger partial charge in [0.05, 0.1) is 28.7 Å². The lowest BCUT2D eigenvalue weighted by molar-refractivity contribution is 0.00101. The average molecular weight is 378 g/mol. The van der Waals surface area contributed by atoms with Crippen LogP contribution in [0.3, 0.4) is 0 Å². The summed E-state index contributed by atoms with van der Waals surface area (Å²) in [7, 11) is -3.80. The van der Waals surface area contributed by atoms with Crippen molar-refractivity contribution in [3.8, 4) is 0 Å². The third-order valence-corrected chi connectivity index (χ3v) is 5.27. The number of aromatic amines is 1. The summed E-state index contributed by atoms with van der Waals surface area (Å²) in [6, 6.07) is 5.20. The summed E-state index contributed by atoms with van der Waals surface area (Å²) in [5.74, 6) is 0.547. The van der Waals surface area contributed by atoms with Gasteiger partial charge in [-0.25, -0.2) is 4.99 Å². The molecule has 0 spiro atoms. The highest BCUT2D eigenvalue weighted by atomic mass is 32.2. The molecule has 1 aromatic heterocycles. The van der Waals surface area contributed by atoms with Gasteiger partial charge < -0.3 is 20.6 Å². The molecule has 0 saturated carbocycles. The lowest BCUT2D eigenvalue weighted by Gasteiger charge is -2.21. The van der Waals surface area contributed by atoms with Crippen LogP contribution < -0.4 is 10.5 Å². The van der Waals surface area contributed by atoms with Crippen molar-refractivity contribution in [2.24, 2.45) is 4.99 Å². The minimum absolute atomic E-state index is 0.0321. The Kier molecular flexibility index (Phi) is 4.68.